The van der Waals surface area contributed by atoms with Gasteiger partial charge in [0.2, 0.25) is 17.7 Å². The number of carbonyl (C=O) groups excluding carboxylic acids is 3. The van der Waals surface area contributed by atoms with Gasteiger partial charge in [-0.1, -0.05) is 28.1 Å². The summed E-state index contributed by atoms with van der Waals surface area (Å²) in [6.07, 6.45) is 5.26. The number of nitrogens with one attached hydrogen (secondary N) is 1. The Morgan fingerprint density at radius 3 is 2.22 bits per heavy atom. The Kier molecular flexibility index (Phi) is 4.61. The molecule has 0 spiro atoms. The molecule has 5 nitrogen and oxygen atoms in total. The fraction of sp³-hybridized carbons (Fsp3) is 0.353. The van der Waals surface area contributed by atoms with Crippen LogP contribution in [-0.2, 0) is 14.4 Å². The Morgan fingerprint density at radius 2 is 1.65 bits per heavy atom. The van der Waals surface area contributed by atoms with Gasteiger partial charge in [-0.3, -0.25) is 19.3 Å². The molecule has 23 heavy (non-hydrogen) atoms. The first-order chi connectivity index (χ1) is 11.1. The van der Waals surface area contributed by atoms with Crippen LogP contribution in [0, 0.1) is 11.8 Å². The van der Waals surface area contributed by atoms with E-state index in [1.807, 2.05) is 24.3 Å². The topological polar surface area (TPSA) is 66.5 Å². The normalized spacial score (nSPS) is 23.1. The first-order valence-electron chi connectivity index (χ1n) is 7.62. The van der Waals surface area contributed by atoms with Crippen LogP contribution >= 0.6 is 15.9 Å². The number of fused-ring (bicyclic) bond motifs is 1. The Bertz CT molecular complexity index is 643. The lowest BCUT2D eigenvalue weighted by atomic mass is 9.85. The number of imide groups is 1. The summed E-state index contributed by atoms with van der Waals surface area (Å²) in [5.74, 6) is -0.952. The number of anilines is 1. The highest BCUT2D eigenvalue weighted by atomic mass is 79.9. The van der Waals surface area contributed by atoms with E-state index in [1.54, 1.807) is 12.1 Å². The molecule has 0 bridgehead atoms. The molecule has 3 amide bonds. The molecular formula is C17H17BrN2O3. The summed E-state index contributed by atoms with van der Waals surface area (Å²) in [4.78, 5) is 37.8. The van der Waals surface area contributed by atoms with Gasteiger partial charge in [0, 0.05) is 23.1 Å². The predicted octanol–water partition coefficient (Wildman–Crippen LogP) is 2.73. The van der Waals surface area contributed by atoms with Gasteiger partial charge in [-0.05, 0) is 37.1 Å². The molecule has 2 aliphatic rings. The van der Waals surface area contributed by atoms with E-state index >= 15 is 0 Å². The van der Waals surface area contributed by atoms with Gasteiger partial charge >= 0.3 is 0 Å². The van der Waals surface area contributed by atoms with Gasteiger partial charge in [0.1, 0.15) is 0 Å². The molecule has 0 aromatic heterocycles. The smallest absolute Gasteiger partial charge is 0.233 e. The van der Waals surface area contributed by atoms with Crippen LogP contribution in [0.5, 0.6) is 0 Å². The number of hydrogen-bond acceptors (Lipinski definition) is 3. The van der Waals surface area contributed by atoms with Gasteiger partial charge in [-0.15, -0.1) is 0 Å². The van der Waals surface area contributed by atoms with Crippen LogP contribution in [0.3, 0.4) is 0 Å². The summed E-state index contributed by atoms with van der Waals surface area (Å²) in [6.45, 7) is 0.146. The van der Waals surface area contributed by atoms with E-state index in [9.17, 15) is 14.4 Å². The number of nitrogens with zero attached hydrogens (tertiary/aromatic N) is 1. The van der Waals surface area contributed by atoms with E-state index < -0.39 is 0 Å². The van der Waals surface area contributed by atoms with Crippen LogP contribution in [0.15, 0.2) is 40.9 Å². The number of amides is 3. The van der Waals surface area contributed by atoms with Crippen molar-refractivity contribution < 1.29 is 14.4 Å². The quantitative estimate of drug-likeness (QED) is 0.648. The maximum Gasteiger partial charge on any atom is 0.233 e. The minimum absolute atomic E-state index is 0.112. The van der Waals surface area contributed by atoms with E-state index in [1.165, 1.54) is 4.90 Å². The maximum absolute atomic E-state index is 12.3. The molecule has 1 saturated heterocycles. The monoisotopic (exact) mass is 376 g/mol. The number of hydrogen-bond donors (Lipinski definition) is 1. The van der Waals surface area contributed by atoms with Gasteiger partial charge < -0.3 is 5.32 Å². The van der Waals surface area contributed by atoms with E-state index in [0.717, 1.165) is 4.47 Å². The van der Waals surface area contributed by atoms with E-state index in [2.05, 4.69) is 21.2 Å². The number of halogens is 1. The van der Waals surface area contributed by atoms with Crippen molar-refractivity contribution in [3.8, 4) is 0 Å². The molecule has 1 aliphatic carbocycles. The zero-order valence-corrected chi connectivity index (χ0v) is 14.1. The lowest BCUT2D eigenvalue weighted by Gasteiger charge is -2.14. The third-order valence-electron chi connectivity index (χ3n) is 4.29. The van der Waals surface area contributed by atoms with Crippen molar-refractivity contribution in [2.45, 2.75) is 19.3 Å². The molecule has 0 saturated carbocycles. The van der Waals surface area contributed by atoms with Crippen molar-refractivity contribution in [2.24, 2.45) is 11.8 Å². The van der Waals surface area contributed by atoms with Crippen molar-refractivity contribution in [1.82, 2.24) is 4.90 Å². The molecule has 1 fully saturated rings. The highest BCUT2D eigenvalue weighted by Crippen LogP contribution is 2.35. The van der Waals surface area contributed by atoms with Crippen LogP contribution in [-0.4, -0.2) is 29.2 Å². The standard InChI is InChI=1S/C17H17BrN2O3/c18-11-5-7-12(8-6-11)19-15(21)9-10-20-16(22)13-3-1-2-4-14(13)17(20)23/h1-2,5-8,13-14H,3-4,9-10H2,(H,19,21). The second kappa shape index (κ2) is 6.66. The lowest BCUT2D eigenvalue weighted by Crippen LogP contribution is -2.34. The summed E-state index contributed by atoms with van der Waals surface area (Å²) in [6, 6.07) is 7.24. The van der Waals surface area contributed by atoms with Gasteiger partial charge in [-0.2, -0.15) is 0 Å². The Morgan fingerprint density at radius 1 is 1.09 bits per heavy atom. The molecular weight excluding hydrogens is 360 g/mol. The molecule has 1 aromatic carbocycles. The Hall–Kier alpha value is -1.95. The van der Waals surface area contributed by atoms with Gasteiger partial charge in [0.15, 0.2) is 0 Å². The summed E-state index contributed by atoms with van der Waals surface area (Å²) >= 11 is 3.33. The molecule has 1 aromatic rings. The van der Waals surface area contributed by atoms with Gasteiger partial charge in [-0.25, -0.2) is 0 Å². The van der Waals surface area contributed by atoms with Crippen molar-refractivity contribution >= 4 is 39.3 Å². The number of benzene rings is 1. The third kappa shape index (κ3) is 3.37. The second-order valence-electron chi connectivity index (χ2n) is 5.79. The summed E-state index contributed by atoms with van der Waals surface area (Å²) in [7, 11) is 0. The van der Waals surface area contributed by atoms with E-state index in [-0.39, 0.29) is 42.5 Å². The third-order valence-corrected chi connectivity index (χ3v) is 4.82. The van der Waals surface area contributed by atoms with Crippen LogP contribution in [0.25, 0.3) is 0 Å². The Balaban J connectivity index is 1.56. The molecule has 6 heteroatoms. The number of carbonyl (C=O) groups is 3. The van der Waals surface area contributed by atoms with Crippen molar-refractivity contribution in [3.05, 3.63) is 40.9 Å². The highest BCUT2D eigenvalue weighted by Gasteiger charge is 2.46. The molecule has 120 valence electrons. The zero-order valence-electron chi connectivity index (χ0n) is 12.5. The molecule has 2 atom stereocenters. The van der Waals surface area contributed by atoms with E-state index in [4.69, 9.17) is 0 Å². The van der Waals surface area contributed by atoms with Gasteiger partial charge in [0.25, 0.3) is 0 Å². The van der Waals surface area contributed by atoms with E-state index in [0.29, 0.717) is 18.5 Å². The van der Waals surface area contributed by atoms with Crippen molar-refractivity contribution in [2.75, 3.05) is 11.9 Å². The lowest BCUT2D eigenvalue weighted by molar-refractivity contribution is -0.140. The minimum Gasteiger partial charge on any atom is -0.326 e. The average molecular weight is 377 g/mol. The van der Waals surface area contributed by atoms with Crippen LogP contribution in [0.1, 0.15) is 19.3 Å². The van der Waals surface area contributed by atoms with Crippen LogP contribution < -0.4 is 5.32 Å². The van der Waals surface area contributed by atoms with Gasteiger partial charge in [0.05, 0.1) is 11.8 Å². The number of likely N-dealkylation sites (tertiary alicyclic amines) is 1. The SMILES string of the molecule is O=C(CCN1C(=O)C2CC=CCC2C1=O)Nc1ccc(Br)cc1. The molecule has 1 heterocycles. The summed E-state index contributed by atoms with van der Waals surface area (Å²) in [5, 5.41) is 2.76. The summed E-state index contributed by atoms with van der Waals surface area (Å²) < 4.78 is 0.931. The number of allylic oxidation sites excluding steroid dienone is 2. The van der Waals surface area contributed by atoms with Crippen molar-refractivity contribution in [1.29, 1.82) is 0 Å². The predicted molar refractivity (Wildman–Crippen MR) is 89.5 cm³/mol. The maximum atomic E-state index is 12.3. The first kappa shape index (κ1) is 15.9. The fourth-order valence-electron chi connectivity index (χ4n) is 3.06. The number of rotatable bonds is 4. The summed E-state index contributed by atoms with van der Waals surface area (Å²) in [5.41, 5.74) is 0.690. The Labute approximate surface area is 142 Å². The molecule has 0 radical (unpaired) electrons. The average Bonchev–Trinajstić information content (AvgIpc) is 2.80. The largest absolute Gasteiger partial charge is 0.326 e. The molecule has 1 N–H and O–H groups in total. The fourth-order valence-corrected chi connectivity index (χ4v) is 3.32. The van der Waals surface area contributed by atoms with Crippen LogP contribution in [0.4, 0.5) is 5.69 Å². The minimum atomic E-state index is -0.234. The molecule has 3 rings (SSSR count). The molecule has 1 aliphatic heterocycles. The molecule has 2 unspecified atom stereocenters. The zero-order chi connectivity index (χ0) is 16.4. The first-order valence-corrected chi connectivity index (χ1v) is 8.41. The highest BCUT2D eigenvalue weighted by molar-refractivity contribution is 9.10. The second-order valence-corrected chi connectivity index (χ2v) is 6.70. The van der Waals surface area contributed by atoms with Crippen LogP contribution in [0.2, 0.25) is 0 Å². The van der Waals surface area contributed by atoms with Crippen molar-refractivity contribution in [3.63, 3.8) is 0 Å².